The molecule has 1 saturated heterocycles. The van der Waals surface area contributed by atoms with Gasteiger partial charge in [-0.15, -0.1) is 12.3 Å². The molecule has 1 heterocycles. The lowest BCUT2D eigenvalue weighted by Crippen LogP contribution is -2.31. The molecule has 0 aromatic heterocycles. The minimum atomic E-state index is -1.00. The minimum absolute atomic E-state index is 0.0398. The van der Waals surface area contributed by atoms with Gasteiger partial charge in [-0.2, -0.15) is 0 Å². The third-order valence-corrected chi connectivity index (χ3v) is 3.39. The zero-order chi connectivity index (χ0) is 14.7. The molecule has 0 aliphatic carbocycles. The first-order valence-corrected chi connectivity index (χ1v) is 6.27. The summed E-state index contributed by atoms with van der Waals surface area (Å²) in [4.78, 5) is 24.5. The van der Waals surface area contributed by atoms with Crippen molar-refractivity contribution in [3.8, 4) is 18.1 Å². The predicted octanol–water partition coefficient (Wildman–Crippen LogP) is 1.39. The van der Waals surface area contributed by atoms with E-state index in [1.54, 1.807) is 12.1 Å². The second-order valence-electron chi connectivity index (χ2n) is 4.82. The fourth-order valence-electron chi connectivity index (χ4n) is 2.45. The molecule has 0 radical (unpaired) electrons. The lowest BCUT2D eigenvalue weighted by molar-refractivity contribution is -0.139. The molecular formula is C15H15NO4. The molecule has 2 rings (SSSR count). The number of carbonyl (C=O) groups excluding carboxylic acids is 1. The molecular weight excluding hydrogens is 258 g/mol. The molecule has 20 heavy (non-hydrogen) atoms. The van der Waals surface area contributed by atoms with Gasteiger partial charge in [0.25, 0.3) is 0 Å². The molecule has 2 atom stereocenters. The number of benzene rings is 1. The second kappa shape index (κ2) is 5.66. The number of phenolic OH excluding ortho intramolecular Hbond substituents is 1. The Hall–Kier alpha value is -2.48. The van der Waals surface area contributed by atoms with Crippen molar-refractivity contribution >= 4 is 11.9 Å². The van der Waals surface area contributed by atoms with Crippen molar-refractivity contribution in [2.24, 2.45) is 5.92 Å². The zero-order valence-corrected chi connectivity index (χ0v) is 10.8. The number of carbonyl (C=O) groups is 2. The standard InChI is InChI=1S/C15H15NO4/c1-2-10-6-14(18)16(9-10)13(8-15(19)20)11-4-3-5-12(17)7-11/h1,3-5,7,10,13,17H,6,8-9H2,(H,19,20). The number of aromatic hydroxyl groups is 1. The number of terminal acetylenes is 1. The third-order valence-electron chi connectivity index (χ3n) is 3.39. The normalized spacial score (nSPS) is 19.6. The van der Waals surface area contributed by atoms with Gasteiger partial charge in [0.2, 0.25) is 5.91 Å². The van der Waals surface area contributed by atoms with Crippen molar-refractivity contribution in [3.63, 3.8) is 0 Å². The summed E-state index contributed by atoms with van der Waals surface area (Å²) in [5, 5.41) is 18.6. The molecule has 0 saturated carbocycles. The quantitative estimate of drug-likeness (QED) is 0.813. The molecule has 1 aliphatic heterocycles. The SMILES string of the molecule is C#CC1CC(=O)N(C(CC(=O)O)c2cccc(O)c2)C1. The highest BCUT2D eigenvalue weighted by atomic mass is 16.4. The van der Waals surface area contributed by atoms with Gasteiger partial charge in [0.15, 0.2) is 0 Å². The van der Waals surface area contributed by atoms with E-state index in [-0.39, 0.29) is 30.4 Å². The molecule has 104 valence electrons. The van der Waals surface area contributed by atoms with Crippen molar-refractivity contribution < 1.29 is 19.8 Å². The Morgan fingerprint density at radius 2 is 2.30 bits per heavy atom. The van der Waals surface area contributed by atoms with Crippen LogP contribution >= 0.6 is 0 Å². The van der Waals surface area contributed by atoms with Crippen LogP contribution in [-0.4, -0.2) is 33.5 Å². The lowest BCUT2D eigenvalue weighted by atomic mass is 10.0. The van der Waals surface area contributed by atoms with Gasteiger partial charge in [0.1, 0.15) is 5.75 Å². The number of phenols is 1. The van der Waals surface area contributed by atoms with Crippen molar-refractivity contribution in [1.82, 2.24) is 4.90 Å². The second-order valence-corrected chi connectivity index (χ2v) is 4.82. The number of rotatable bonds is 4. The molecule has 1 amide bonds. The topological polar surface area (TPSA) is 77.8 Å². The average Bonchev–Trinajstić information content (AvgIpc) is 2.77. The summed E-state index contributed by atoms with van der Waals surface area (Å²) >= 11 is 0. The van der Waals surface area contributed by atoms with Crippen molar-refractivity contribution in [2.75, 3.05) is 6.54 Å². The van der Waals surface area contributed by atoms with Gasteiger partial charge in [-0.3, -0.25) is 9.59 Å². The molecule has 0 spiro atoms. The first-order valence-electron chi connectivity index (χ1n) is 6.27. The number of amides is 1. The van der Waals surface area contributed by atoms with Crippen LogP contribution in [0.4, 0.5) is 0 Å². The molecule has 5 heteroatoms. The molecule has 2 N–H and O–H groups in total. The van der Waals surface area contributed by atoms with E-state index >= 15 is 0 Å². The highest BCUT2D eigenvalue weighted by Gasteiger charge is 2.35. The fraction of sp³-hybridized carbons (Fsp3) is 0.333. The van der Waals surface area contributed by atoms with Gasteiger partial charge >= 0.3 is 5.97 Å². The Kier molecular flexibility index (Phi) is 3.94. The summed E-state index contributed by atoms with van der Waals surface area (Å²) in [6.45, 7) is 0.350. The number of likely N-dealkylation sites (tertiary alicyclic amines) is 1. The molecule has 1 aromatic carbocycles. The van der Waals surface area contributed by atoms with E-state index in [9.17, 15) is 14.7 Å². The molecule has 1 fully saturated rings. The van der Waals surface area contributed by atoms with E-state index in [0.29, 0.717) is 12.1 Å². The number of aliphatic carboxylic acids is 1. The number of hydrogen-bond donors (Lipinski definition) is 2. The van der Waals surface area contributed by atoms with Crippen LogP contribution in [0, 0.1) is 18.3 Å². The van der Waals surface area contributed by atoms with Crippen LogP contribution in [-0.2, 0) is 9.59 Å². The van der Waals surface area contributed by atoms with Crippen LogP contribution in [0.25, 0.3) is 0 Å². The van der Waals surface area contributed by atoms with Crippen molar-refractivity contribution in [2.45, 2.75) is 18.9 Å². The Bertz CT molecular complexity index is 575. The molecule has 0 bridgehead atoms. The van der Waals surface area contributed by atoms with Crippen LogP contribution in [0.1, 0.15) is 24.4 Å². The summed E-state index contributed by atoms with van der Waals surface area (Å²) in [5.74, 6) is 1.24. The lowest BCUT2D eigenvalue weighted by Gasteiger charge is -2.27. The van der Waals surface area contributed by atoms with E-state index in [4.69, 9.17) is 11.5 Å². The molecule has 5 nitrogen and oxygen atoms in total. The van der Waals surface area contributed by atoms with Gasteiger partial charge in [0, 0.05) is 18.9 Å². The maximum Gasteiger partial charge on any atom is 0.305 e. The van der Waals surface area contributed by atoms with Gasteiger partial charge in [-0.1, -0.05) is 12.1 Å². The number of carboxylic acids is 1. The van der Waals surface area contributed by atoms with Gasteiger partial charge in [-0.25, -0.2) is 0 Å². The summed E-state index contributed by atoms with van der Waals surface area (Å²) in [5.41, 5.74) is 0.596. The van der Waals surface area contributed by atoms with Gasteiger partial charge in [0.05, 0.1) is 12.5 Å². The summed E-state index contributed by atoms with van der Waals surface area (Å²) in [6.07, 6.45) is 5.36. The Morgan fingerprint density at radius 3 is 2.85 bits per heavy atom. The van der Waals surface area contributed by atoms with Crippen molar-refractivity contribution in [3.05, 3.63) is 29.8 Å². The van der Waals surface area contributed by atoms with Crippen LogP contribution in [0.2, 0.25) is 0 Å². The molecule has 1 aromatic rings. The summed E-state index contributed by atoms with van der Waals surface area (Å²) in [6, 6.07) is 5.69. The zero-order valence-electron chi connectivity index (χ0n) is 10.8. The van der Waals surface area contributed by atoms with Crippen LogP contribution in [0.15, 0.2) is 24.3 Å². The number of carboxylic acid groups (broad SMARTS) is 1. The summed E-state index contributed by atoms with van der Waals surface area (Å²) in [7, 11) is 0. The van der Waals surface area contributed by atoms with E-state index in [0.717, 1.165) is 0 Å². The number of hydrogen-bond acceptors (Lipinski definition) is 3. The van der Waals surface area contributed by atoms with Gasteiger partial charge in [-0.05, 0) is 17.7 Å². The summed E-state index contributed by atoms with van der Waals surface area (Å²) < 4.78 is 0. The Labute approximate surface area is 116 Å². The predicted molar refractivity (Wildman–Crippen MR) is 71.8 cm³/mol. The monoisotopic (exact) mass is 273 g/mol. The minimum Gasteiger partial charge on any atom is -0.508 e. The van der Waals surface area contributed by atoms with E-state index < -0.39 is 12.0 Å². The first kappa shape index (κ1) is 13.9. The van der Waals surface area contributed by atoms with Gasteiger partial charge < -0.3 is 15.1 Å². The van der Waals surface area contributed by atoms with E-state index in [2.05, 4.69) is 5.92 Å². The maximum atomic E-state index is 12.0. The smallest absolute Gasteiger partial charge is 0.305 e. The molecule has 1 aliphatic rings. The highest BCUT2D eigenvalue weighted by Crippen LogP contribution is 2.32. The van der Waals surface area contributed by atoms with Crippen LogP contribution in [0.3, 0.4) is 0 Å². The average molecular weight is 273 g/mol. The highest BCUT2D eigenvalue weighted by molar-refractivity contribution is 5.80. The Balaban J connectivity index is 2.31. The Morgan fingerprint density at radius 1 is 1.55 bits per heavy atom. The van der Waals surface area contributed by atoms with E-state index in [1.807, 2.05) is 0 Å². The third kappa shape index (κ3) is 2.91. The number of nitrogens with zero attached hydrogens (tertiary/aromatic N) is 1. The van der Waals surface area contributed by atoms with Crippen molar-refractivity contribution in [1.29, 1.82) is 0 Å². The first-order chi connectivity index (χ1) is 9.51. The van der Waals surface area contributed by atoms with Crippen LogP contribution < -0.4 is 0 Å². The maximum absolute atomic E-state index is 12.0. The van der Waals surface area contributed by atoms with Crippen LogP contribution in [0.5, 0.6) is 5.75 Å². The molecule has 2 unspecified atom stereocenters. The largest absolute Gasteiger partial charge is 0.508 e. The fourth-order valence-corrected chi connectivity index (χ4v) is 2.45. The van der Waals surface area contributed by atoms with E-state index in [1.165, 1.54) is 17.0 Å².